The van der Waals surface area contributed by atoms with Gasteiger partial charge in [-0.3, -0.25) is 0 Å². The summed E-state index contributed by atoms with van der Waals surface area (Å²) in [5, 5.41) is 4.38. The molecule has 0 radical (unpaired) electrons. The van der Waals surface area contributed by atoms with Gasteiger partial charge >= 0.3 is 0 Å². The van der Waals surface area contributed by atoms with Crippen molar-refractivity contribution in [2.24, 2.45) is 0 Å². The van der Waals surface area contributed by atoms with Crippen LogP contribution in [0.5, 0.6) is 0 Å². The zero-order chi connectivity index (χ0) is 15.6. The Morgan fingerprint density at radius 2 is 1.78 bits per heavy atom. The first-order valence-electron chi connectivity index (χ1n) is 8.06. The van der Waals surface area contributed by atoms with Gasteiger partial charge in [0.15, 0.2) is 0 Å². The van der Waals surface area contributed by atoms with Gasteiger partial charge in [0.05, 0.1) is 5.52 Å². The molecule has 2 nitrogen and oxygen atoms in total. The highest BCUT2D eigenvalue weighted by Crippen LogP contribution is 2.39. The predicted octanol–water partition coefficient (Wildman–Crippen LogP) is 4.93. The fraction of sp³-hybridized carbons (Fsp3) is 0.263. The van der Waals surface area contributed by atoms with Crippen LogP contribution in [-0.4, -0.2) is 18.1 Å². The van der Waals surface area contributed by atoms with Gasteiger partial charge in [-0.2, -0.15) is 0 Å². The molecular formula is C19H19FN2S. The number of halogens is 1. The first kappa shape index (κ1) is 14.8. The van der Waals surface area contributed by atoms with Crippen LogP contribution in [0.25, 0.3) is 10.9 Å². The Morgan fingerprint density at radius 3 is 2.65 bits per heavy atom. The van der Waals surface area contributed by atoms with E-state index in [1.807, 2.05) is 12.3 Å². The van der Waals surface area contributed by atoms with E-state index in [1.165, 1.54) is 29.4 Å². The standard InChI is InChI=1S/C19H19FN2S/c20-16-6-3-5-15-18(12-22-19(15)16)23-17-7-2-1-4-14(17)13-8-10-21-11-9-13/h1-7,12-13,21-22H,8-11H2. The van der Waals surface area contributed by atoms with Gasteiger partial charge in [-0.25, -0.2) is 4.39 Å². The smallest absolute Gasteiger partial charge is 0.147 e. The zero-order valence-corrected chi connectivity index (χ0v) is 13.6. The second-order valence-electron chi connectivity index (χ2n) is 5.98. The summed E-state index contributed by atoms with van der Waals surface area (Å²) >= 11 is 1.73. The number of benzene rings is 2. The van der Waals surface area contributed by atoms with Gasteiger partial charge in [-0.1, -0.05) is 42.1 Å². The Bertz CT molecular complexity index is 821. The Hall–Kier alpha value is -1.78. The van der Waals surface area contributed by atoms with Gasteiger partial charge in [-0.05, 0) is 49.5 Å². The van der Waals surface area contributed by atoms with E-state index in [9.17, 15) is 4.39 Å². The van der Waals surface area contributed by atoms with Crippen LogP contribution in [0.15, 0.2) is 58.5 Å². The lowest BCUT2D eigenvalue weighted by Crippen LogP contribution is -2.26. The number of aromatic nitrogens is 1. The first-order valence-corrected chi connectivity index (χ1v) is 8.87. The third-order valence-electron chi connectivity index (χ3n) is 4.54. The molecule has 2 N–H and O–H groups in total. The molecule has 23 heavy (non-hydrogen) atoms. The van der Waals surface area contributed by atoms with Crippen LogP contribution < -0.4 is 5.32 Å². The molecule has 0 atom stereocenters. The number of hydrogen-bond acceptors (Lipinski definition) is 2. The fourth-order valence-electron chi connectivity index (χ4n) is 3.34. The molecule has 1 fully saturated rings. The maximum absolute atomic E-state index is 13.9. The van der Waals surface area contributed by atoms with Crippen LogP contribution in [0.2, 0.25) is 0 Å². The molecule has 1 aliphatic rings. The summed E-state index contributed by atoms with van der Waals surface area (Å²) in [7, 11) is 0. The van der Waals surface area contributed by atoms with Crippen LogP contribution >= 0.6 is 11.8 Å². The van der Waals surface area contributed by atoms with Gasteiger partial charge in [0.25, 0.3) is 0 Å². The number of fused-ring (bicyclic) bond motifs is 1. The van der Waals surface area contributed by atoms with E-state index < -0.39 is 0 Å². The van der Waals surface area contributed by atoms with Crippen molar-refractivity contribution in [2.45, 2.75) is 28.6 Å². The number of hydrogen-bond donors (Lipinski definition) is 2. The van der Waals surface area contributed by atoms with E-state index in [0.29, 0.717) is 11.4 Å². The molecule has 1 saturated heterocycles. The maximum Gasteiger partial charge on any atom is 0.147 e. The van der Waals surface area contributed by atoms with Crippen molar-refractivity contribution in [1.82, 2.24) is 10.3 Å². The molecule has 0 bridgehead atoms. The highest BCUT2D eigenvalue weighted by Gasteiger charge is 2.19. The Labute approximate surface area is 139 Å². The van der Waals surface area contributed by atoms with Gasteiger partial charge in [0, 0.05) is 21.4 Å². The number of nitrogens with one attached hydrogen (secondary N) is 2. The molecule has 0 saturated carbocycles. The van der Waals surface area contributed by atoms with E-state index in [-0.39, 0.29) is 5.82 Å². The van der Waals surface area contributed by atoms with Crippen LogP contribution in [-0.2, 0) is 0 Å². The van der Waals surface area contributed by atoms with Crippen molar-refractivity contribution < 1.29 is 4.39 Å². The summed E-state index contributed by atoms with van der Waals surface area (Å²) in [6, 6.07) is 13.9. The summed E-state index contributed by atoms with van der Waals surface area (Å²) in [4.78, 5) is 5.44. The highest BCUT2D eigenvalue weighted by molar-refractivity contribution is 7.99. The highest BCUT2D eigenvalue weighted by atomic mass is 32.2. The SMILES string of the molecule is Fc1cccc2c(Sc3ccccc3C3CCNCC3)c[nH]c12. The quantitative estimate of drug-likeness (QED) is 0.714. The molecule has 118 valence electrons. The van der Waals surface area contributed by atoms with E-state index in [1.54, 1.807) is 17.8 Å². The van der Waals surface area contributed by atoms with E-state index >= 15 is 0 Å². The molecule has 0 amide bonds. The van der Waals surface area contributed by atoms with Crippen molar-refractivity contribution in [2.75, 3.05) is 13.1 Å². The lowest BCUT2D eigenvalue weighted by atomic mass is 9.90. The third-order valence-corrected chi connectivity index (χ3v) is 5.69. The topological polar surface area (TPSA) is 27.8 Å². The molecule has 4 rings (SSSR count). The Kier molecular flexibility index (Phi) is 4.10. The summed E-state index contributed by atoms with van der Waals surface area (Å²) in [5.41, 5.74) is 2.01. The number of aromatic amines is 1. The van der Waals surface area contributed by atoms with E-state index in [0.717, 1.165) is 23.4 Å². The molecule has 4 heteroatoms. The second-order valence-corrected chi connectivity index (χ2v) is 7.06. The minimum Gasteiger partial charge on any atom is -0.358 e. The monoisotopic (exact) mass is 326 g/mol. The molecule has 0 unspecified atom stereocenters. The molecule has 3 aromatic rings. The van der Waals surface area contributed by atoms with Crippen molar-refractivity contribution in [3.05, 3.63) is 60.0 Å². The molecule has 2 aromatic carbocycles. The molecule has 2 heterocycles. The van der Waals surface area contributed by atoms with Crippen LogP contribution in [0.4, 0.5) is 4.39 Å². The minimum absolute atomic E-state index is 0.194. The Morgan fingerprint density at radius 1 is 0.957 bits per heavy atom. The number of rotatable bonds is 3. The maximum atomic E-state index is 13.9. The summed E-state index contributed by atoms with van der Waals surface area (Å²) in [6.45, 7) is 2.17. The normalized spacial score (nSPS) is 16.0. The molecular weight excluding hydrogens is 307 g/mol. The number of para-hydroxylation sites is 1. The number of piperidine rings is 1. The summed E-state index contributed by atoms with van der Waals surface area (Å²) in [6.07, 6.45) is 4.28. The average Bonchev–Trinajstić information content (AvgIpc) is 3.01. The van der Waals surface area contributed by atoms with Crippen molar-refractivity contribution in [3.63, 3.8) is 0 Å². The molecule has 1 aliphatic heterocycles. The lowest BCUT2D eigenvalue weighted by Gasteiger charge is -2.24. The van der Waals surface area contributed by atoms with Crippen LogP contribution in [0.3, 0.4) is 0 Å². The zero-order valence-electron chi connectivity index (χ0n) is 12.8. The van der Waals surface area contributed by atoms with E-state index in [4.69, 9.17) is 0 Å². The van der Waals surface area contributed by atoms with Gasteiger partial charge in [0.1, 0.15) is 5.82 Å². The fourth-order valence-corrected chi connectivity index (χ4v) is 4.47. The third kappa shape index (κ3) is 2.89. The van der Waals surface area contributed by atoms with E-state index in [2.05, 4.69) is 34.6 Å². The summed E-state index contributed by atoms with van der Waals surface area (Å²) in [5.74, 6) is 0.419. The molecule has 1 aromatic heterocycles. The van der Waals surface area contributed by atoms with Gasteiger partial charge < -0.3 is 10.3 Å². The van der Waals surface area contributed by atoms with Gasteiger partial charge in [-0.15, -0.1) is 0 Å². The predicted molar refractivity (Wildman–Crippen MR) is 93.7 cm³/mol. The summed E-state index contributed by atoms with van der Waals surface area (Å²) < 4.78 is 13.9. The minimum atomic E-state index is -0.194. The first-order chi connectivity index (χ1) is 11.3. The average molecular weight is 326 g/mol. The Balaban J connectivity index is 1.69. The van der Waals surface area contributed by atoms with Crippen LogP contribution in [0, 0.1) is 5.82 Å². The van der Waals surface area contributed by atoms with Gasteiger partial charge in [0.2, 0.25) is 0 Å². The number of H-pyrrole nitrogens is 1. The molecule has 0 aliphatic carbocycles. The second kappa shape index (κ2) is 6.38. The van der Waals surface area contributed by atoms with Crippen LogP contribution in [0.1, 0.15) is 24.3 Å². The largest absolute Gasteiger partial charge is 0.358 e. The van der Waals surface area contributed by atoms with Crippen molar-refractivity contribution in [3.8, 4) is 0 Å². The molecule has 0 spiro atoms. The lowest BCUT2D eigenvalue weighted by molar-refractivity contribution is 0.456. The van der Waals surface area contributed by atoms with Crippen molar-refractivity contribution in [1.29, 1.82) is 0 Å². The van der Waals surface area contributed by atoms with Crippen molar-refractivity contribution >= 4 is 22.7 Å².